The van der Waals surface area contributed by atoms with Crippen molar-refractivity contribution >= 4 is 21.6 Å². The number of fused-ring (bicyclic) bond motifs is 1. The van der Waals surface area contributed by atoms with Gasteiger partial charge in [0.1, 0.15) is 11.8 Å². The molecular weight excluding hydrogens is 488 g/mol. The minimum Gasteiger partial charge on any atom is -0.493 e. The summed E-state index contributed by atoms with van der Waals surface area (Å²) >= 11 is 3.51. The van der Waals surface area contributed by atoms with Gasteiger partial charge in [0.2, 0.25) is 0 Å². The number of hydrogen-bond acceptors (Lipinski definition) is 5. The van der Waals surface area contributed by atoms with E-state index in [1.54, 1.807) is 0 Å². The lowest BCUT2D eigenvalue weighted by molar-refractivity contribution is 0.117. The molecule has 5 rings (SSSR count). The molecule has 6 heteroatoms. The van der Waals surface area contributed by atoms with Gasteiger partial charge >= 0.3 is 0 Å². The van der Waals surface area contributed by atoms with Crippen LogP contribution in [-0.4, -0.2) is 31.1 Å². The molecule has 0 radical (unpaired) electrons. The lowest BCUT2D eigenvalue weighted by atomic mass is 9.93. The molecule has 2 atom stereocenters. The van der Waals surface area contributed by atoms with E-state index in [0.717, 1.165) is 47.5 Å². The number of nitrogens with zero attached hydrogens (tertiary/aromatic N) is 4. The molecule has 0 amide bonds. The Morgan fingerprint density at radius 2 is 1.76 bits per heavy atom. The number of piperazine rings is 1. The quantitative estimate of drug-likeness (QED) is 0.437. The molecule has 2 aliphatic heterocycles. The Bertz CT molecular complexity index is 1290. The predicted molar refractivity (Wildman–Crippen MR) is 136 cm³/mol. The van der Waals surface area contributed by atoms with Crippen molar-refractivity contribution in [3.05, 3.63) is 93.0 Å². The first-order chi connectivity index (χ1) is 16.6. The van der Waals surface area contributed by atoms with E-state index in [9.17, 15) is 10.5 Å². The number of anilines is 1. The van der Waals surface area contributed by atoms with Crippen LogP contribution in [0.2, 0.25) is 0 Å². The van der Waals surface area contributed by atoms with E-state index in [1.165, 1.54) is 11.1 Å². The van der Waals surface area contributed by atoms with Crippen molar-refractivity contribution in [2.45, 2.75) is 25.4 Å². The summed E-state index contributed by atoms with van der Waals surface area (Å²) in [4.78, 5) is 4.92. The van der Waals surface area contributed by atoms with Crippen LogP contribution >= 0.6 is 15.9 Å². The van der Waals surface area contributed by atoms with Gasteiger partial charge in [0, 0.05) is 42.1 Å². The number of benzene rings is 3. The van der Waals surface area contributed by atoms with Gasteiger partial charge in [0.05, 0.1) is 35.5 Å². The molecule has 0 saturated carbocycles. The summed E-state index contributed by atoms with van der Waals surface area (Å²) < 4.78 is 6.83. The maximum Gasteiger partial charge on any atom is 0.125 e. The van der Waals surface area contributed by atoms with Crippen LogP contribution in [-0.2, 0) is 0 Å². The van der Waals surface area contributed by atoms with Gasteiger partial charge in [-0.2, -0.15) is 10.5 Å². The Balaban J connectivity index is 1.51. The molecular formula is C28H25BrN4O. The van der Waals surface area contributed by atoms with Gasteiger partial charge in [0.25, 0.3) is 0 Å². The first-order valence-corrected chi connectivity index (χ1v) is 12.3. The number of ether oxygens (including phenoxy) is 1. The van der Waals surface area contributed by atoms with Crippen LogP contribution in [0.3, 0.4) is 0 Å². The standard InChI is InChI=1S/C28H25BrN4O/c1-19-2-5-21(6-3-19)27-18-32(11-12-33(27)25-9-7-23(29)15-22(25)17-31)26-10-13-34-28-14-20(16-30)4-8-24(26)28/h2-9,14-15,26-27H,10-13,18H2,1H3/t26-,27+/m1/s1. The minimum absolute atomic E-state index is 0.118. The van der Waals surface area contributed by atoms with Crippen LogP contribution < -0.4 is 9.64 Å². The van der Waals surface area contributed by atoms with Gasteiger partial charge in [-0.3, -0.25) is 4.90 Å². The van der Waals surface area contributed by atoms with Gasteiger partial charge in [-0.15, -0.1) is 0 Å². The van der Waals surface area contributed by atoms with Gasteiger partial charge in [0.15, 0.2) is 0 Å². The Labute approximate surface area is 208 Å². The molecule has 1 fully saturated rings. The number of halogens is 1. The van der Waals surface area contributed by atoms with E-state index in [1.807, 2.05) is 36.4 Å². The summed E-state index contributed by atoms with van der Waals surface area (Å²) in [5.74, 6) is 0.823. The topological polar surface area (TPSA) is 63.3 Å². The largest absolute Gasteiger partial charge is 0.493 e. The number of hydrogen-bond donors (Lipinski definition) is 0. The first-order valence-electron chi connectivity index (χ1n) is 11.5. The third-order valence-corrected chi connectivity index (χ3v) is 7.35. The van der Waals surface area contributed by atoms with Crippen LogP contribution in [0, 0.1) is 29.6 Å². The van der Waals surface area contributed by atoms with Crippen molar-refractivity contribution < 1.29 is 4.74 Å². The zero-order chi connectivity index (χ0) is 23.7. The number of nitriles is 2. The summed E-state index contributed by atoms with van der Waals surface area (Å²) in [6.07, 6.45) is 0.918. The van der Waals surface area contributed by atoms with Gasteiger partial charge < -0.3 is 9.64 Å². The fourth-order valence-corrected chi connectivity index (χ4v) is 5.48. The van der Waals surface area contributed by atoms with Gasteiger partial charge in [-0.1, -0.05) is 51.8 Å². The highest BCUT2D eigenvalue weighted by molar-refractivity contribution is 9.10. The summed E-state index contributed by atoms with van der Waals surface area (Å²) in [6.45, 7) is 5.29. The SMILES string of the molecule is Cc1ccc([C@@H]2CN([C@@H]3CCOc4cc(C#N)ccc43)CCN2c2ccc(Br)cc2C#N)cc1. The van der Waals surface area contributed by atoms with Crippen molar-refractivity contribution in [3.8, 4) is 17.9 Å². The van der Waals surface area contributed by atoms with Crippen LogP contribution in [0.15, 0.2) is 65.1 Å². The van der Waals surface area contributed by atoms with Crippen LogP contribution in [0.25, 0.3) is 0 Å². The lowest BCUT2D eigenvalue weighted by Crippen LogP contribution is -2.50. The highest BCUT2D eigenvalue weighted by Crippen LogP contribution is 2.41. The molecule has 0 spiro atoms. The second-order valence-corrected chi connectivity index (χ2v) is 9.82. The van der Waals surface area contributed by atoms with Gasteiger partial charge in [-0.25, -0.2) is 0 Å². The first kappa shape index (κ1) is 22.5. The van der Waals surface area contributed by atoms with E-state index in [4.69, 9.17) is 4.74 Å². The monoisotopic (exact) mass is 512 g/mol. The third kappa shape index (κ3) is 4.28. The van der Waals surface area contributed by atoms with Crippen molar-refractivity contribution in [2.24, 2.45) is 0 Å². The Hall–Kier alpha value is -3.32. The van der Waals surface area contributed by atoms with Crippen LogP contribution in [0.4, 0.5) is 5.69 Å². The van der Waals surface area contributed by atoms with E-state index < -0.39 is 0 Å². The molecule has 34 heavy (non-hydrogen) atoms. The molecule has 170 valence electrons. The maximum absolute atomic E-state index is 9.83. The lowest BCUT2D eigenvalue weighted by Gasteiger charge is -2.47. The Kier molecular flexibility index (Phi) is 6.28. The Morgan fingerprint density at radius 3 is 2.53 bits per heavy atom. The highest BCUT2D eigenvalue weighted by Gasteiger charge is 2.35. The molecule has 0 aliphatic carbocycles. The predicted octanol–water partition coefficient (Wildman–Crippen LogP) is 5.89. The Morgan fingerprint density at radius 1 is 0.941 bits per heavy atom. The molecule has 2 aliphatic rings. The van der Waals surface area contributed by atoms with E-state index >= 15 is 0 Å². The normalized spacial score (nSPS) is 20.1. The van der Waals surface area contributed by atoms with E-state index in [2.05, 4.69) is 69.1 Å². The summed E-state index contributed by atoms with van der Waals surface area (Å²) in [6, 6.07) is 25.4. The molecule has 3 aromatic carbocycles. The number of aryl methyl sites for hydroxylation is 1. The molecule has 0 bridgehead atoms. The second kappa shape index (κ2) is 9.50. The third-order valence-electron chi connectivity index (χ3n) is 6.85. The summed E-state index contributed by atoms with van der Waals surface area (Å²) in [7, 11) is 0. The average Bonchev–Trinajstić information content (AvgIpc) is 2.88. The zero-order valence-corrected chi connectivity index (χ0v) is 20.6. The molecule has 0 unspecified atom stereocenters. The van der Waals surface area contributed by atoms with E-state index in [-0.39, 0.29) is 12.1 Å². The maximum atomic E-state index is 9.83. The van der Waals surface area contributed by atoms with Crippen molar-refractivity contribution in [2.75, 3.05) is 31.1 Å². The summed E-state index contributed by atoms with van der Waals surface area (Å²) in [5.41, 5.74) is 5.91. The summed E-state index contributed by atoms with van der Waals surface area (Å²) in [5, 5.41) is 19.1. The zero-order valence-electron chi connectivity index (χ0n) is 19.0. The van der Waals surface area contributed by atoms with Crippen LogP contribution in [0.5, 0.6) is 5.75 Å². The molecule has 3 aromatic rings. The number of rotatable bonds is 3. The fourth-order valence-electron chi connectivity index (χ4n) is 5.12. The molecule has 0 N–H and O–H groups in total. The van der Waals surface area contributed by atoms with Crippen molar-refractivity contribution in [1.82, 2.24) is 4.90 Å². The fraction of sp³-hybridized carbons (Fsp3) is 0.286. The average molecular weight is 513 g/mol. The van der Waals surface area contributed by atoms with E-state index in [0.29, 0.717) is 17.7 Å². The molecule has 5 nitrogen and oxygen atoms in total. The molecule has 2 heterocycles. The second-order valence-electron chi connectivity index (χ2n) is 8.91. The molecule has 0 aromatic heterocycles. The molecule has 1 saturated heterocycles. The van der Waals surface area contributed by atoms with Crippen molar-refractivity contribution in [3.63, 3.8) is 0 Å². The van der Waals surface area contributed by atoms with Crippen molar-refractivity contribution in [1.29, 1.82) is 10.5 Å². The van der Waals surface area contributed by atoms with Gasteiger partial charge in [-0.05, 0) is 42.8 Å². The smallest absolute Gasteiger partial charge is 0.125 e. The minimum atomic E-state index is 0.118. The van der Waals surface area contributed by atoms with Crippen LogP contribution in [0.1, 0.15) is 46.3 Å². The highest BCUT2D eigenvalue weighted by atomic mass is 79.9.